The smallest absolute Gasteiger partial charge is 0.0612 e. The first-order valence-electron chi connectivity index (χ1n) is 4.17. The molecular weight excluding hydrogens is 124 g/mol. The number of aliphatic hydroxyl groups excluding tert-OH is 1. The molecule has 10 heavy (non-hydrogen) atoms. The van der Waals surface area contributed by atoms with E-state index in [-0.39, 0.29) is 6.61 Å². The molecule has 1 heteroatoms. The number of hydrogen-bond donors (Lipinski definition) is 1. The molecule has 0 unspecified atom stereocenters. The highest BCUT2D eigenvalue weighted by molar-refractivity contribution is 4.80. The molecule has 1 N–H and O–H groups in total. The summed E-state index contributed by atoms with van der Waals surface area (Å²) >= 11 is 0. The van der Waals surface area contributed by atoms with E-state index in [4.69, 9.17) is 5.11 Å². The molecule has 0 aliphatic carbocycles. The molecule has 0 amide bonds. The summed E-state index contributed by atoms with van der Waals surface area (Å²) < 4.78 is 0. The van der Waals surface area contributed by atoms with Crippen molar-refractivity contribution >= 4 is 0 Å². The summed E-state index contributed by atoms with van der Waals surface area (Å²) in [5.74, 6) is 0. The maximum Gasteiger partial charge on any atom is 0.0612 e. The molecule has 0 radical (unpaired) electrons. The van der Waals surface area contributed by atoms with Crippen LogP contribution in [0.5, 0.6) is 0 Å². The molecule has 0 spiro atoms. The van der Waals surface area contributed by atoms with Crippen LogP contribution in [0.3, 0.4) is 0 Å². The van der Waals surface area contributed by atoms with Crippen LogP contribution in [-0.4, -0.2) is 11.7 Å². The summed E-state index contributed by atoms with van der Waals surface area (Å²) in [6, 6.07) is 0. The fraction of sp³-hybridized carbons (Fsp3) is 0.778. The Morgan fingerprint density at radius 1 is 1.10 bits per heavy atom. The second kappa shape index (κ2) is 8.70. The summed E-state index contributed by atoms with van der Waals surface area (Å²) in [6.45, 7) is 2.40. The fourth-order valence-electron chi connectivity index (χ4n) is 0.881. The third-order valence-corrected chi connectivity index (χ3v) is 1.50. The van der Waals surface area contributed by atoms with Crippen molar-refractivity contribution in [2.45, 2.75) is 39.0 Å². The highest BCUT2D eigenvalue weighted by Crippen LogP contribution is 2.02. The van der Waals surface area contributed by atoms with Crippen LogP contribution in [0.1, 0.15) is 39.0 Å². The van der Waals surface area contributed by atoms with E-state index in [1.807, 2.05) is 6.08 Å². The van der Waals surface area contributed by atoms with Crippen molar-refractivity contribution in [3.63, 3.8) is 0 Å². The van der Waals surface area contributed by atoms with Crippen molar-refractivity contribution in [3.8, 4) is 0 Å². The average Bonchev–Trinajstić information content (AvgIpc) is 1.97. The Bertz CT molecular complexity index is 76.8. The van der Waals surface area contributed by atoms with Crippen LogP contribution in [0.4, 0.5) is 0 Å². The SMILES string of the molecule is CCCCCC/C=C/CO. The minimum atomic E-state index is 0.188. The van der Waals surface area contributed by atoms with Gasteiger partial charge in [-0.1, -0.05) is 38.3 Å². The van der Waals surface area contributed by atoms with E-state index >= 15 is 0 Å². The van der Waals surface area contributed by atoms with E-state index in [1.54, 1.807) is 0 Å². The van der Waals surface area contributed by atoms with Gasteiger partial charge >= 0.3 is 0 Å². The zero-order valence-corrected chi connectivity index (χ0v) is 6.84. The number of aliphatic hydroxyl groups is 1. The van der Waals surface area contributed by atoms with E-state index in [0.717, 1.165) is 6.42 Å². The van der Waals surface area contributed by atoms with Gasteiger partial charge in [0.15, 0.2) is 0 Å². The van der Waals surface area contributed by atoms with E-state index in [2.05, 4.69) is 13.0 Å². The molecule has 0 saturated heterocycles. The predicted molar refractivity (Wildman–Crippen MR) is 45.0 cm³/mol. The van der Waals surface area contributed by atoms with Crippen LogP contribution in [0.2, 0.25) is 0 Å². The molecule has 0 fully saturated rings. The molecule has 0 aromatic carbocycles. The molecule has 0 bridgehead atoms. The van der Waals surface area contributed by atoms with Crippen LogP contribution in [0.15, 0.2) is 12.2 Å². The Labute approximate surface area is 63.8 Å². The summed E-state index contributed by atoms with van der Waals surface area (Å²) in [5, 5.41) is 8.38. The van der Waals surface area contributed by atoms with Crippen LogP contribution >= 0.6 is 0 Å². The Hall–Kier alpha value is -0.300. The second-order valence-electron chi connectivity index (χ2n) is 2.50. The van der Waals surface area contributed by atoms with Crippen molar-refractivity contribution in [1.29, 1.82) is 0 Å². The van der Waals surface area contributed by atoms with Gasteiger partial charge in [0.05, 0.1) is 6.61 Å². The van der Waals surface area contributed by atoms with Crippen LogP contribution < -0.4 is 0 Å². The standard InChI is InChI=1S/C9H18O/c1-2-3-4-5-6-7-8-9-10/h7-8,10H,2-6,9H2,1H3/b8-7+. The predicted octanol–water partition coefficient (Wildman–Crippen LogP) is 2.51. The zero-order valence-electron chi connectivity index (χ0n) is 6.84. The third kappa shape index (κ3) is 7.70. The first-order valence-corrected chi connectivity index (χ1v) is 4.17. The van der Waals surface area contributed by atoms with Gasteiger partial charge < -0.3 is 5.11 Å². The van der Waals surface area contributed by atoms with Crippen molar-refractivity contribution in [1.82, 2.24) is 0 Å². The van der Waals surface area contributed by atoms with Gasteiger partial charge in [0.2, 0.25) is 0 Å². The molecule has 0 aliphatic heterocycles. The van der Waals surface area contributed by atoms with Gasteiger partial charge in [-0.05, 0) is 12.8 Å². The summed E-state index contributed by atoms with van der Waals surface area (Å²) in [4.78, 5) is 0. The van der Waals surface area contributed by atoms with E-state index < -0.39 is 0 Å². The van der Waals surface area contributed by atoms with Gasteiger partial charge in [-0.3, -0.25) is 0 Å². The molecule has 0 aromatic heterocycles. The maximum atomic E-state index is 8.38. The average molecular weight is 142 g/mol. The van der Waals surface area contributed by atoms with Crippen LogP contribution in [-0.2, 0) is 0 Å². The van der Waals surface area contributed by atoms with E-state index in [1.165, 1.54) is 25.7 Å². The van der Waals surface area contributed by atoms with Gasteiger partial charge in [-0.2, -0.15) is 0 Å². The lowest BCUT2D eigenvalue weighted by Crippen LogP contribution is -1.75. The van der Waals surface area contributed by atoms with Gasteiger partial charge in [0, 0.05) is 0 Å². The first kappa shape index (κ1) is 9.70. The van der Waals surface area contributed by atoms with Crippen LogP contribution in [0.25, 0.3) is 0 Å². The van der Waals surface area contributed by atoms with Crippen molar-refractivity contribution in [2.24, 2.45) is 0 Å². The monoisotopic (exact) mass is 142 g/mol. The van der Waals surface area contributed by atoms with Gasteiger partial charge in [0.25, 0.3) is 0 Å². The Balaban J connectivity index is 2.83. The fourth-order valence-corrected chi connectivity index (χ4v) is 0.881. The topological polar surface area (TPSA) is 20.2 Å². The Kier molecular flexibility index (Phi) is 8.44. The third-order valence-electron chi connectivity index (χ3n) is 1.50. The highest BCUT2D eigenvalue weighted by Gasteiger charge is 1.82. The van der Waals surface area contributed by atoms with E-state index in [0.29, 0.717) is 0 Å². The van der Waals surface area contributed by atoms with Crippen molar-refractivity contribution in [2.75, 3.05) is 6.61 Å². The molecule has 0 rings (SSSR count). The number of unbranched alkanes of at least 4 members (excludes halogenated alkanes) is 4. The molecule has 0 heterocycles. The quantitative estimate of drug-likeness (QED) is 0.446. The maximum absolute atomic E-state index is 8.38. The molecule has 0 saturated carbocycles. The highest BCUT2D eigenvalue weighted by atomic mass is 16.2. The van der Waals surface area contributed by atoms with Crippen LogP contribution in [0, 0.1) is 0 Å². The summed E-state index contributed by atoms with van der Waals surface area (Å²) in [5.41, 5.74) is 0. The van der Waals surface area contributed by atoms with Crippen molar-refractivity contribution < 1.29 is 5.11 Å². The minimum absolute atomic E-state index is 0.188. The molecule has 0 aromatic rings. The first-order chi connectivity index (χ1) is 4.91. The van der Waals surface area contributed by atoms with E-state index in [9.17, 15) is 0 Å². The summed E-state index contributed by atoms with van der Waals surface area (Å²) in [7, 11) is 0. The number of allylic oxidation sites excluding steroid dienone is 1. The number of hydrogen-bond acceptors (Lipinski definition) is 1. The van der Waals surface area contributed by atoms with Crippen molar-refractivity contribution in [3.05, 3.63) is 12.2 Å². The molecule has 0 aliphatic rings. The van der Waals surface area contributed by atoms with Gasteiger partial charge in [0.1, 0.15) is 0 Å². The summed E-state index contributed by atoms with van der Waals surface area (Å²) in [6.07, 6.45) is 10.2. The van der Waals surface area contributed by atoms with Gasteiger partial charge in [-0.15, -0.1) is 0 Å². The largest absolute Gasteiger partial charge is 0.392 e. The Morgan fingerprint density at radius 3 is 2.50 bits per heavy atom. The molecular formula is C9H18O. The Morgan fingerprint density at radius 2 is 1.90 bits per heavy atom. The molecule has 1 nitrogen and oxygen atoms in total. The number of rotatable bonds is 6. The lowest BCUT2D eigenvalue weighted by Gasteiger charge is -1.92. The minimum Gasteiger partial charge on any atom is -0.392 e. The lowest BCUT2D eigenvalue weighted by molar-refractivity contribution is 0.342. The lowest BCUT2D eigenvalue weighted by atomic mass is 10.1. The van der Waals surface area contributed by atoms with Gasteiger partial charge in [-0.25, -0.2) is 0 Å². The second-order valence-corrected chi connectivity index (χ2v) is 2.50. The molecule has 0 atom stereocenters. The zero-order chi connectivity index (χ0) is 7.66. The normalized spacial score (nSPS) is 11.0. The molecule has 60 valence electrons.